The minimum atomic E-state index is -0.297. The summed E-state index contributed by atoms with van der Waals surface area (Å²) in [7, 11) is 3.22. The van der Waals surface area contributed by atoms with E-state index in [0.29, 0.717) is 12.1 Å². The van der Waals surface area contributed by atoms with Crippen LogP contribution in [-0.2, 0) is 4.74 Å². The summed E-state index contributed by atoms with van der Waals surface area (Å²) in [5.41, 5.74) is 2.95. The van der Waals surface area contributed by atoms with Gasteiger partial charge >= 0.3 is 0 Å². The molecule has 6 nitrogen and oxygen atoms in total. The third kappa shape index (κ3) is 3.37. The number of nitrogens with zero attached hydrogens (tertiary/aromatic N) is 2. The fourth-order valence-corrected chi connectivity index (χ4v) is 2.98. The van der Waals surface area contributed by atoms with Crippen LogP contribution in [0.25, 0.3) is 11.0 Å². The highest BCUT2D eigenvalue weighted by molar-refractivity contribution is 7.00. The molecule has 0 aliphatic carbocycles. The highest BCUT2D eigenvalue weighted by Gasteiger charge is 2.17. The van der Waals surface area contributed by atoms with Crippen molar-refractivity contribution >= 4 is 28.7 Å². The number of methoxy groups -OCH3 is 2. The van der Waals surface area contributed by atoms with Crippen LogP contribution in [0.5, 0.6) is 5.75 Å². The van der Waals surface area contributed by atoms with Gasteiger partial charge in [-0.25, -0.2) is 0 Å². The molecule has 0 aliphatic rings. The quantitative estimate of drug-likeness (QED) is 0.745. The maximum Gasteiger partial charge on any atom is 0.251 e. The summed E-state index contributed by atoms with van der Waals surface area (Å²) in [6, 6.07) is 12.9. The Bertz CT molecular complexity index is 850. The molecule has 0 saturated carbocycles. The van der Waals surface area contributed by atoms with Crippen molar-refractivity contribution in [3.63, 3.8) is 0 Å². The van der Waals surface area contributed by atoms with E-state index in [1.807, 2.05) is 24.3 Å². The summed E-state index contributed by atoms with van der Waals surface area (Å²) < 4.78 is 19.1. The summed E-state index contributed by atoms with van der Waals surface area (Å²) in [4.78, 5) is 12.4. The predicted octanol–water partition coefficient (Wildman–Crippen LogP) is 2.82. The van der Waals surface area contributed by atoms with Crippen LogP contribution in [0.1, 0.15) is 22.0 Å². The first-order valence-corrected chi connectivity index (χ1v) is 8.12. The molecule has 0 radical (unpaired) electrons. The van der Waals surface area contributed by atoms with Crippen molar-refractivity contribution in [2.45, 2.75) is 6.10 Å². The molecule has 0 spiro atoms. The number of aromatic nitrogens is 2. The standard InChI is InChI=1S/C17H17N3O3S/c1-22-15-6-4-3-5-12(15)16(23-2)10-18-17(21)11-7-8-13-14(9-11)20-24-19-13/h3-9,16H,10H2,1-2H3,(H,18,21)/t16-/m0/s1. The molecular weight excluding hydrogens is 326 g/mol. The summed E-state index contributed by atoms with van der Waals surface area (Å²) in [5, 5.41) is 2.89. The van der Waals surface area contributed by atoms with Gasteiger partial charge in [0, 0.05) is 24.8 Å². The number of amides is 1. The van der Waals surface area contributed by atoms with Gasteiger partial charge in [-0.3, -0.25) is 4.79 Å². The SMILES string of the molecule is COc1ccccc1[C@H](CNC(=O)c1ccc2nsnc2c1)OC. The molecule has 3 aromatic rings. The first kappa shape index (κ1) is 16.4. The topological polar surface area (TPSA) is 73.3 Å². The largest absolute Gasteiger partial charge is 0.496 e. The van der Waals surface area contributed by atoms with Gasteiger partial charge in [0.1, 0.15) is 22.9 Å². The van der Waals surface area contributed by atoms with Crippen molar-refractivity contribution < 1.29 is 14.3 Å². The van der Waals surface area contributed by atoms with E-state index in [9.17, 15) is 4.79 Å². The Balaban J connectivity index is 1.71. The number of carbonyl (C=O) groups is 1. The zero-order valence-electron chi connectivity index (χ0n) is 13.4. The van der Waals surface area contributed by atoms with Crippen molar-refractivity contribution in [3.05, 3.63) is 53.6 Å². The second-order valence-electron chi connectivity index (χ2n) is 5.14. The van der Waals surface area contributed by atoms with Crippen LogP contribution in [0, 0.1) is 0 Å². The van der Waals surface area contributed by atoms with Gasteiger partial charge < -0.3 is 14.8 Å². The van der Waals surface area contributed by atoms with E-state index in [0.717, 1.165) is 34.1 Å². The van der Waals surface area contributed by atoms with Gasteiger partial charge in [0.25, 0.3) is 5.91 Å². The van der Waals surface area contributed by atoms with Crippen LogP contribution >= 0.6 is 11.7 Å². The molecule has 0 bridgehead atoms. The van der Waals surface area contributed by atoms with Crippen molar-refractivity contribution in [1.29, 1.82) is 0 Å². The molecule has 0 fully saturated rings. The van der Waals surface area contributed by atoms with E-state index < -0.39 is 0 Å². The molecule has 24 heavy (non-hydrogen) atoms. The Morgan fingerprint density at radius 3 is 2.75 bits per heavy atom. The number of hydrogen-bond donors (Lipinski definition) is 1. The second-order valence-corrected chi connectivity index (χ2v) is 5.67. The van der Waals surface area contributed by atoms with Gasteiger partial charge in [0.15, 0.2) is 0 Å². The molecule has 124 valence electrons. The average molecular weight is 343 g/mol. The highest BCUT2D eigenvalue weighted by atomic mass is 32.1. The Labute approximate surface area is 143 Å². The summed E-state index contributed by atoms with van der Waals surface area (Å²) in [6.07, 6.45) is -0.297. The Morgan fingerprint density at radius 2 is 1.96 bits per heavy atom. The lowest BCUT2D eigenvalue weighted by Gasteiger charge is -2.19. The van der Waals surface area contributed by atoms with Gasteiger partial charge in [0.05, 0.1) is 18.8 Å². The third-order valence-corrected chi connectivity index (χ3v) is 4.29. The smallest absolute Gasteiger partial charge is 0.251 e. The van der Waals surface area contributed by atoms with Gasteiger partial charge in [-0.1, -0.05) is 18.2 Å². The first-order valence-electron chi connectivity index (χ1n) is 7.39. The molecule has 7 heteroatoms. The Kier molecular flexibility index (Phi) is 5.02. The van der Waals surface area contributed by atoms with Crippen LogP contribution < -0.4 is 10.1 Å². The van der Waals surface area contributed by atoms with E-state index in [1.165, 1.54) is 0 Å². The normalized spacial score (nSPS) is 12.1. The van der Waals surface area contributed by atoms with Crippen LogP contribution in [0.4, 0.5) is 0 Å². The van der Waals surface area contributed by atoms with Crippen molar-refractivity contribution in [3.8, 4) is 5.75 Å². The fraction of sp³-hybridized carbons (Fsp3) is 0.235. The van der Waals surface area contributed by atoms with Gasteiger partial charge in [-0.05, 0) is 24.3 Å². The Hall–Kier alpha value is -2.51. The van der Waals surface area contributed by atoms with E-state index >= 15 is 0 Å². The lowest BCUT2D eigenvalue weighted by molar-refractivity contribution is 0.0819. The zero-order chi connectivity index (χ0) is 16.9. The summed E-state index contributed by atoms with van der Waals surface area (Å²) in [6.45, 7) is 0.336. The molecule has 1 aromatic heterocycles. The number of rotatable bonds is 6. The number of carbonyl (C=O) groups excluding carboxylic acids is 1. The molecule has 3 rings (SSSR count). The lowest BCUT2D eigenvalue weighted by Crippen LogP contribution is -2.29. The zero-order valence-corrected chi connectivity index (χ0v) is 14.2. The van der Waals surface area contributed by atoms with Crippen molar-refractivity contribution in [2.24, 2.45) is 0 Å². The number of hydrogen-bond acceptors (Lipinski definition) is 6. The minimum Gasteiger partial charge on any atom is -0.496 e. The van der Waals surface area contributed by atoms with Crippen LogP contribution in [0.2, 0.25) is 0 Å². The van der Waals surface area contributed by atoms with E-state index in [-0.39, 0.29) is 12.0 Å². The number of benzene rings is 2. The summed E-state index contributed by atoms with van der Waals surface area (Å²) >= 11 is 1.13. The van der Waals surface area contributed by atoms with Crippen molar-refractivity contribution in [2.75, 3.05) is 20.8 Å². The number of para-hydroxylation sites is 1. The van der Waals surface area contributed by atoms with Gasteiger partial charge in [0.2, 0.25) is 0 Å². The first-order chi connectivity index (χ1) is 11.7. The van der Waals surface area contributed by atoms with E-state index in [2.05, 4.69) is 14.1 Å². The lowest BCUT2D eigenvalue weighted by atomic mass is 10.1. The van der Waals surface area contributed by atoms with Gasteiger partial charge in [-0.15, -0.1) is 0 Å². The monoisotopic (exact) mass is 343 g/mol. The molecular formula is C17H17N3O3S. The molecule has 1 N–H and O–H groups in total. The van der Waals surface area contributed by atoms with Gasteiger partial charge in [-0.2, -0.15) is 8.75 Å². The van der Waals surface area contributed by atoms with Crippen LogP contribution in [0.15, 0.2) is 42.5 Å². The van der Waals surface area contributed by atoms with Crippen LogP contribution in [-0.4, -0.2) is 35.4 Å². The molecule has 0 saturated heterocycles. The van der Waals surface area contributed by atoms with Crippen molar-refractivity contribution in [1.82, 2.24) is 14.1 Å². The van der Waals surface area contributed by atoms with Crippen LogP contribution in [0.3, 0.4) is 0 Å². The molecule has 1 atom stereocenters. The average Bonchev–Trinajstić information content (AvgIpc) is 3.10. The Morgan fingerprint density at radius 1 is 1.17 bits per heavy atom. The van der Waals surface area contributed by atoms with E-state index in [4.69, 9.17) is 9.47 Å². The molecule has 2 aromatic carbocycles. The molecule has 0 aliphatic heterocycles. The predicted molar refractivity (Wildman–Crippen MR) is 92.5 cm³/mol. The third-order valence-electron chi connectivity index (χ3n) is 3.73. The molecule has 1 heterocycles. The summed E-state index contributed by atoms with van der Waals surface area (Å²) in [5.74, 6) is 0.551. The number of nitrogens with one attached hydrogen (secondary N) is 1. The molecule has 1 amide bonds. The maximum atomic E-state index is 12.4. The maximum absolute atomic E-state index is 12.4. The minimum absolute atomic E-state index is 0.179. The molecule has 0 unspecified atom stereocenters. The van der Waals surface area contributed by atoms with E-state index in [1.54, 1.807) is 32.4 Å². The number of fused-ring (bicyclic) bond motifs is 1. The number of ether oxygens (including phenoxy) is 2. The highest BCUT2D eigenvalue weighted by Crippen LogP contribution is 2.26. The fourth-order valence-electron chi connectivity index (χ4n) is 2.46. The second kappa shape index (κ2) is 7.37.